The monoisotopic (exact) mass is 620 g/mol. The molecule has 0 aromatic heterocycles. The van der Waals surface area contributed by atoms with Gasteiger partial charge < -0.3 is 14.2 Å². The summed E-state index contributed by atoms with van der Waals surface area (Å²) >= 11 is 12.3. The van der Waals surface area contributed by atoms with Crippen molar-refractivity contribution < 1.29 is 28.6 Å². The summed E-state index contributed by atoms with van der Waals surface area (Å²) in [7, 11) is 10.9. The summed E-state index contributed by atoms with van der Waals surface area (Å²) in [6.07, 6.45) is 0. The number of hydrogen-bond donors (Lipinski definition) is 0. The number of rotatable bonds is 8. The molecule has 0 aliphatic carbocycles. The van der Waals surface area contributed by atoms with E-state index in [0.717, 1.165) is 0 Å². The second kappa shape index (κ2) is 9.78. The van der Waals surface area contributed by atoms with Crippen LogP contribution in [0.4, 0.5) is 0 Å². The molecule has 0 rings (SSSR count). The Labute approximate surface area is 189 Å². The van der Waals surface area contributed by atoms with E-state index in [2.05, 4.69) is 63.7 Å². The summed E-state index contributed by atoms with van der Waals surface area (Å²) in [6, 6.07) is 0. The van der Waals surface area contributed by atoms with Gasteiger partial charge in [-0.25, -0.2) is 4.79 Å². The van der Waals surface area contributed by atoms with Crippen molar-refractivity contribution in [3.8, 4) is 0 Å². The third kappa shape index (κ3) is 10.1. The second-order valence-corrected chi connectivity index (χ2v) is 15.5. The smallest absolute Gasteiger partial charge is 0.344 e. The molecule has 0 saturated heterocycles. The molecule has 1 atom stereocenters. The molecule has 0 amide bonds. The molecule has 1 unspecified atom stereocenters. The normalized spacial score (nSPS) is 14.9. The topological polar surface area (TPSA) is 78.9 Å². The van der Waals surface area contributed by atoms with E-state index in [1.54, 1.807) is 20.8 Å². The standard InChI is InChI=1S/C14H18B2Br4O6/c1-11(2,17)8(21)24-5-12(3,6-25-9(22)13(4,15)16)7-26-10(23)14(18,19)20/h5-7H2,1-4H3. The first kappa shape index (κ1) is 26.5. The molecule has 0 N–H and O–H groups in total. The quantitative estimate of drug-likeness (QED) is 0.179. The molecule has 0 aromatic rings. The van der Waals surface area contributed by atoms with Crippen LogP contribution in [-0.2, 0) is 28.6 Å². The third-order valence-corrected chi connectivity index (χ3v) is 4.11. The summed E-state index contributed by atoms with van der Waals surface area (Å²) < 4.78 is 13.3. The number of halogens is 4. The average molecular weight is 624 g/mol. The van der Waals surface area contributed by atoms with Gasteiger partial charge in [0.25, 0.3) is 5.97 Å². The van der Waals surface area contributed by atoms with Gasteiger partial charge in [0.2, 0.25) is 2.14 Å². The van der Waals surface area contributed by atoms with E-state index in [9.17, 15) is 14.4 Å². The van der Waals surface area contributed by atoms with E-state index in [1.165, 1.54) is 6.92 Å². The van der Waals surface area contributed by atoms with Gasteiger partial charge in [-0.15, -0.1) is 0 Å². The minimum atomic E-state index is -1.68. The minimum absolute atomic E-state index is 0.173. The van der Waals surface area contributed by atoms with Gasteiger partial charge in [-0.1, -0.05) is 22.9 Å². The third-order valence-electron chi connectivity index (χ3n) is 2.81. The van der Waals surface area contributed by atoms with Gasteiger partial charge in [-0.05, 0) is 73.8 Å². The van der Waals surface area contributed by atoms with Crippen molar-refractivity contribution in [2.24, 2.45) is 5.41 Å². The molecule has 0 aromatic carbocycles. The predicted octanol–water partition coefficient (Wildman–Crippen LogP) is 3.11. The molecule has 6 nitrogen and oxygen atoms in total. The molecular formula is C14H18B2Br4O6. The zero-order valence-electron chi connectivity index (χ0n) is 14.7. The zero-order chi connectivity index (χ0) is 21.0. The number of esters is 3. The SMILES string of the molecule is [B]C([B])(C)C(=O)OCC(C)(COC(=O)C(C)(C)Br)COC(=O)C(Br)(Br)Br. The van der Waals surface area contributed by atoms with Gasteiger partial charge >= 0.3 is 11.9 Å². The molecule has 0 aliphatic rings. The summed E-state index contributed by atoms with van der Waals surface area (Å²) in [6.45, 7) is 5.53. The van der Waals surface area contributed by atoms with E-state index in [-0.39, 0.29) is 19.8 Å². The van der Waals surface area contributed by atoms with Crippen LogP contribution in [0.25, 0.3) is 0 Å². The first-order chi connectivity index (χ1) is 11.4. The van der Waals surface area contributed by atoms with Crippen LogP contribution in [0.3, 0.4) is 0 Å². The fourth-order valence-corrected chi connectivity index (χ4v) is 1.71. The van der Waals surface area contributed by atoms with Crippen LogP contribution < -0.4 is 0 Å². The van der Waals surface area contributed by atoms with Crippen LogP contribution in [0.5, 0.6) is 0 Å². The van der Waals surface area contributed by atoms with Gasteiger partial charge in [0.05, 0.1) is 21.1 Å². The maximum absolute atomic E-state index is 12.0. The molecule has 4 radical (unpaired) electrons. The highest BCUT2D eigenvalue weighted by Gasteiger charge is 2.37. The van der Waals surface area contributed by atoms with Crippen molar-refractivity contribution in [2.75, 3.05) is 19.8 Å². The zero-order valence-corrected chi connectivity index (χ0v) is 21.1. The van der Waals surface area contributed by atoms with E-state index >= 15 is 0 Å². The molecule has 0 saturated carbocycles. The minimum Gasteiger partial charge on any atom is -0.466 e. The summed E-state index contributed by atoms with van der Waals surface area (Å²) in [5.74, 6) is -2.05. The Morgan fingerprint density at radius 3 is 1.38 bits per heavy atom. The van der Waals surface area contributed by atoms with E-state index in [0.29, 0.717) is 0 Å². The number of alkyl halides is 4. The molecule has 0 spiro atoms. The average Bonchev–Trinajstić information content (AvgIpc) is 2.45. The van der Waals surface area contributed by atoms with Crippen molar-refractivity contribution >= 4 is 97.3 Å². The number of carbonyl (C=O) groups is 3. The Hall–Kier alpha value is 0.460. The lowest BCUT2D eigenvalue weighted by Gasteiger charge is -2.31. The van der Waals surface area contributed by atoms with Crippen LogP contribution in [0.1, 0.15) is 27.7 Å². The number of carbonyl (C=O) groups excluding carboxylic acids is 3. The molecule has 0 aliphatic heterocycles. The van der Waals surface area contributed by atoms with Crippen LogP contribution in [-0.4, -0.2) is 59.9 Å². The van der Waals surface area contributed by atoms with Crippen molar-refractivity contribution in [3.05, 3.63) is 0 Å². The molecule has 0 heterocycles. The maximum Gasteiger partial charge on any atom is 0.344 e. The van der Waals surface area contributed by atoms with Crippen molar-refractivity contribution in [1.29, 1.82) is 0 Å². The lowest BCUT2D eigenvalue weighted by atomic mass is 9.56. The second-order valence-electron chi connectivity index (χ2n) is 6.79. The van der Waals surface area contributed by atoms with Crippen molar-refractivity contribution in [2.45, 2.75) is 39.4 Å². The summed E-state index contributed by atoms with van der Waals surface area (Å²) in [5.41, 5.74) is -1.03. The Balaban J connectivity index is 5.10. The van der Waals surface area contributed by atoms with Crippen LogP contribution >= 0.6 is 63.7 Å². The Kier molecular flexibility index (Phi) is 9.96. The highest BCUT2D eigenvalue weighted by atomic mass is 80.0. The predicted molar refractivity (Wildman–Crippen MR) is 113 cm³/mol. The van der Waals surface area contributed by atoms with Gasteiger partial charge in [0, 0.05) is 0 Å². The first-order valence-electron chi connectivity index (χ1n) is 7.23. The lowest BCUT2D eigenvalue weighted by molar-refractivity contribution is -0.161. The van der Waals surface area contributed by atoms with E-state index in [4.69, 9.17) is 29.9 Å². The largest absolute Gasteiger partial charge is 0.466 e. The van der Waals surface area contributed by atoms with E-state index in [1.807, 2.05) is 0 Å². The maximum atomic E-state index is 12.0. The highest BCUT2D eigenvalue weighted by Crippen LogP contribution is 2.35. The molecule has 0 bridgehead atoms. The Morgan fingerprint density at radius 2 is 1.08 bits per heavy atom. The van der Waals surface area contributed by atoms with Gasteiger partial charge in [-0.3, -0.25) is 9.59 Å². The first-order valence-corrected chi connectivity index (χ1v) is 10.4. The lowest BCUT2D eigenvalue weighted by Crippen LogP contribution is -2.40. The van der Waals surface area contributed by atoms with Crippen LogP contribution in [0.2, 0.25) is 5.21 Å². The fourth-order valence-electron chi connectivity index (χ4n) is 1.25. The van der Waals surface area contributed by atoms with Crippen LogP contribution in [0, 0.1) is 5.41 Å². The molecular weight excluding hydrogens is 605 g/mol. The molecule has 0 fully saturated rings. The summed E-state index contributed by atoms with van der Waals surface area (Å²) in [5, 5.41) is -1.68. The molecule has 26 heavy (non-hydrogen) atoms. The number of ether oxygens (including phenoxy) is 3. The Morgan fingerprint density at radius 1 is 0.731 bits per heavy atom. The van der Waals surface area contributed by atoms with Crippen LogP contribution in [0.15, 0.2) is 0 Å². The molecule has 12 heteroatoms. The van der Waals surface area contributed by atoms with Crippen molar-refractivity contribution in [1.82, 2.24) is 0 Å². The van der Waals surface area contributed by atoms with E-state index < -0.39 is 35.0 Å². The fraction of sp³-hybridized carbons (Fsp3) is 0.786. The number of hydrogen-bond acceptors (Lipinski definition) is 6. The van der Waals surface area contributed by atoms with Gasteiger partial charge in [0.1, 0.15) is 24.1 Å². The molecule has 144 valence electrons. The summed E-state index contributed by atoms with van der Waals surface area (Å²) in [4.78, 5) is 35.6. The Bertz CT molecular complexity index is 463. The van der Waals surface area contributed by atoms with Crippen molar-refractivity contribution in [3.63, 3.8) is 0 Å². The van der Waals surface area contributed by atoms with Gasteiger partial charge in [-0.2, -0.15) is 0 Å². The highest BCUT2D eigenvalue weighted by molar-refractivity contribution is 9.40. The van der Waals surface area contributed by atoms with Gasteiger partial charge in [0.15, 0.2) is 0 Å².